The number of benzene rings is 1. The van der Waals surface area contributed by atoms with Gasteiger partial charge in [0, 0.05) is 18.8 Å². The van der Waals surface area contributed by atoms with E-state index in [1.165, 1.54) is 11.8 Å². The molecule has 1 aliphatic rings. The maximum atomic E-state index is 12.1. The van der Waals surface area contributed by atoms with Crippen LogP contribution in [0.4, 0.5) is 5.69 Å². The van der Waals surface area contributed by atoms with Crippen molar-refractivity contribution in [2.45, 2.75) is 13.3 Å². The van der Waals surface area contributed by atoms with E-state index in [1.54, 1.807) is 0 Å². The number of amides is 2. The Labute approximate surface area is 142 Å². The zero-order valence-corrected chi connectivity index (χ0v) is 14.6. The van der Waals surface area contributed by atoms with Crippen molar-refractivity contribution in [1.29, 1.82) is 0 Å². The molecule has 0 bridgehead atoms. The quantitative estimate of drug-likeness (QED) is 0.797. The average Bonchev–Trinajstić information content (AvgIpc) is 2.99. The third-order valence-electron chi connectivity index (χ3n) is 3.93. The molecule has 1 saturated heterocycles. The first-order chi connectivity index (χ1) is 11.1. The van der Waals surface area contributed by atoms with Gasteiger partial charge in [0.05, 0.1) is 11.5 Å². The van der Waals surface area contributed by atoms with Crippen LogP contribution in [-0.2, 0) is 9.59 Å². The number of nitrogens with one attached hydrogen (secondary N) is 2. The molecular weight excluding hydrogens is 310 g/mol. The number of carbonyl (C=O) groups is 2. The molecule has 5 nitrogen and oxygen atoms in total. The predicted octanol–water partition coefficient (Wildman–Crippen LogP) is 1.73. The molecule has 1 aliphatic heterocycles. The molecule has 0 aliphatic carbocycles. The molecule has 0 saturated carbocycles. The van der Waals surface area contributed by atoms with Gasteiger partial charge in [0.25, 0.3) is 0 Å². The maximum absolute atomic E-state index is 12.1. The molecule has 1 aromatic rings. The van der Waals surface area contributed by atoms with Crippen LogP contribution in [0.3, 0.4) is 0 Å². The van der Waals surface area contributed by atoms with Crippen molar-refractivity contribution < 1.29 is 9.59 Å². The summed E-state index contributed by atoms with van der Waals surface area (Å²) in [6.07, 6.45) is 1.06. The van der Waals surface area contributed by atoms with Gasteiger partial charge >= 0.3 is 0 Å². The van der Waals surface area contributed by atoms with Gasteiger partial charge in [-0.15, -0.1) is 11.8 Å². The molecule has 2 amide bonds. The number of likely N-dealkylation sites (tertiary alicyclic amines) is 1. The minimum Gasteiger partial charge on any atom is -0.342 e. The Kier molecular flexibility index (Phi) is 6.92. The summed E-state index contributed by atoms with van der Waals surface area (Å²) < 4.78 is 0. The van der Waals surface area contributed by atoms with E-state index in [4.69, 9.17) is 0 Å². The van der Waals surface area contributed by atoms with Crippen molar-refractivity contribution in [3.63, 3.8) is 0 Å². The minimum atomic E-state index is -0.0684. The fourth-order valence-electron chi connectivity index (χ4n) is 2.67. The lowest BCUT2D eigenvalue weighted by atomic mass is 10.1. The Morgan fingerprint density at radius 3 is 2.70 bits per heavy atom. The van der Waals surface area contributed by atoms with Crippen LogP contribution in [0, 0.1) is 12.8 Å². The summed E-state index contributed by atoms with van der Waals surface area (Å²) in [6.45, 7) is 4.62. The zero-order chi connectivity index (χ0) is 16.7. The number of hydrogen-bond acceptors (Lipinski definition) is 4. The standard InChI is InChI=1S/C17H25N3O2S/c1-13-3-5-15(6-4-13)19-16(21)11-23-12-17(22)20-8-7-14(10-20)9-18-2/h3-6,14,18H,7-12H2,1-2H3,(H,19,21). The number of carbonyl (C=O) groups excluding carboxylic acids is 2. The first-order valence-electron chi connectivity index (χ1n) is 7.95. The summed E-state index contributed by atoms with van der Waals surface area (Å²) in [5.41, 5.74) is 1.95. The lowest BCUT2D eigenvalue weighted by molar-refractivity contribution is -0.127. The summed E-state index contributed by atoms with van der Waals surface area (Å²) in [5, 5.41) is 6.00. The van der Waals surface area contributed by atoms with Gasteiger partial charge in [-0.2, -0.15) is 0 Å². The van der Waals surface area contributed by atoms with Crippen LogP contribution < -0.4 is 10.6 Å². The first kappa shape index (κ1) is 17.8. The van der Waals surface area contributed by atoms with E-state index in [1.807, 2.05) is 43.1 Å². The minimum absolute atomic E-state index is 0.0684. The highest BCUT2D eigenvalue weighted by Gasteiger charge is 2.25. The fourth-order valence-corrected chi connectivity index (χ4v) is 3.39. The smallest absolute Gasteiger partial charge is 0.234 e. The van der Waals surface area contributed by atoms with E-state index in [0.29, 0.717) is 17.4 Å². The second-order valence-electron chi connectivity index (χ2n) is 5.96. The highest BCUT2D eigenvalue weighted by molar-refractivity contribution is 8.00. The van der Waals surface area contributed by atoms with Crippen molar-refractivity contribution in [1.82, 2.24) is 10.2 Å². The Morgan fingerprint density at radius 1 is 1.26 bits per heavy atom. The van der Waals surface area contributed by atoms with Gasteiger partial charge < -0.3 is 15.5 Å². The number of anilines is 1. The van der Waals surface area contributed by atoms with Crippen LogP contribution >= 0.6 is 11.8 Å². The second-order valence-corrected chi connectivity index (χ2v) is 6.94. The van der Waals surface area contributed by atoms with E-state index in [-0.39, 0.29) is 11.8 Å². The monoisotopic (exact) mass is 335 g/mol. The molecule has 2 N–H and O–H groups in total. The summed E-state index contributed by atoms with van der Waals surface area (Å²) >= 11 is 1.37. The number of nitrogens with zero attached hydrogens (tertiary/aromatic N) is 1. The summed E-state index contributed by atoms with van der Waals surface area (Å²) in [7, 11) is 1.94. The molecule has 1 atom stereocenters. The SMILES string of the molecule is CNCC1CCN(C(=O)CSCC(=O)Nc2ccc(C)cc2)C1. The predicted molar refractivity (Wildman–Crippen MR) is 95.7 cm³/mol. The molecule has 0 spiro atoms. The Morgan fingerprint density at radius 2 is 2.00 bits per heavy atom. The highest BCUT2D eigenvalue weighted by atomic mass is 32.2. The molecule has 6 heteroatoms. The molecule has 0 aromatic heterocycles. The number of aryl methyl sites for hydroxylation is 1. The third kappa shape index (κ3) is 5.88. The normalized spacial score (nSPS) is 17.3. The van der Waals surface area contributed by atoms with Gasteiger partial charge in [-0.05, 0) is 45.0 Å². The van der Waals surface area contributed by atoms with Crippen LogP contribution in [0.5, 0.6) is 0 Å². The molecule has 1 heterocycles. The van der Waals surface area contributed by atoms with E-state index < -0.39 is 0 Å². The molecule has 0 radical (unpaired) electrons. The summed E-state index contributed by atoms with van der Waals surface area (Å²) in [4.78, 5) is 25.9. The molecular formula is C17H25N3O2S. The average molecular weight is 335 g/mol. The number of thioether (sulfide) groups is 1. The van der Waals surface area contributed by atoms with Crippen molar-refractivity contribution in [3.05, 3.63) is 29.8 Å². The van der Waals surface area contributed by atoms with E-state index in [2.05, 4.69) is 10.6 Å². The largest absolute Gasteiger partial charge is 0.342 e. The third-order valence-corrected chi connectivity index (χ3v) is 4.84. The van der Waals surface area contributed by atoms with Crippen LogP contribution in [0.1, 0.15) is 12.0 Å². The second kappa shape index (κ2) is 8.93. The number of hydrogen-bond donors (Lipinski definition) is 2. The summed E-state index contributed by atoms with van der Waals surface area (Å²) in [5.74, 6) is 1.29. The topological polar surface area (TPSA) is 61.4 Å². The molecule has 1 unspecified atom stereocenters. The number of rotatable bonds is 7. The van der Waals surface area contributed by atoms with Gasteiger partial charge in [0.15, 0.2) is 0 Å². The van der Waals surface area contributed by atoms with Crippen LogP contribution in [0.2, 0.25) is 0 Å². The lowest BCUT2D eigenvalue weighted by Gasteiger charge is -2.16. The Bertz CT molecular complexity index is 533. The van der Waals surface area contributed by atoms with Crippen molar-refractivity contribution >= 4 is 29.3 Å². The van der Waals surface area contributed by atoms with Crippen molar-refractivity contribution in [2.75, 3.05) is 43.5 Å². The van der Waals surface area contributed by atoms with E-state index in [9.17, 15) is 9.59 Å². The first-order valence-corrected chi connectivity index (χ1v) is 9.10. The van der Waals surface area contributed by atoms with Gasteiger partial charge in [0.1, 0.15) is 0 Å². The van der Waals surface area contributed by atoms with Crippen LogP contribution in [-0.4, -0.2) is 54.9 Å². The molecule has 126 valence electrons. The summed E-state index contributed by atoms with van der Waals surface area (Å²) in [6, 6.07) is 7.69. The highest BCUT2D eigenvalue weighted by Crippen LogP contribution is 2.17. The Balaban J connectivity index is 1.65. The van der Waals surface area contributed by atoms with E-state index >= 15 is 0 Å². The van der Waals surface area contributed by atoms with Gasteiger partial charge in [-0.1, -0.05) is 17.7 Å². The zero-order valence-electron chi connectivity index (χ0n) is 13.8. The fraction of sp³-hybridized carbons (Fsp3) is 0.529. The lowest BCUT2D eigenvalue weighted by Crippen LogP contribution is -2.32. The van der Waals surface area contributed by atoms with Crippen LogP contribution in [0.15, 0.2) is 24.3 Å². The van der Waals surface area contributed by atoms with Gasteiger partial charge in [-0.25, -0.2) is 0 Å². The maximum Gasteiger partial charge on any atom is 0.234 e. The van der Waals surface area contributed by atoms with Crippen LogP contribution in [0.25, 0.3) is 0 Å². The molecule has 1 aromatic carbocycles. The van der Waals surface area contributed by atoms with Gasteiger partial charge in [-0.3, -0.25) is 9.59 Å². The molecule has 2 rings (SSSR count). The molecule has 23 heavy (non-hydrogen) atoms. The Hall–Kier alpha value is -1.53. The molecule has 1 fully saturated rings. The van der Waals surface area contributed by atoms with Crippen molar-refractivity contribution in [3.8, 4) is 0 Å². The van der Waals surface area contributed by atoms with Crippen molar-refractivity contribution in [2.24, 2.45) is 5.92 Å². The van der Waals surface area contributed by atoms with Gasteiger partial charge in [0.2, 0.25) is 11.8 Å². The van der Waals surface area contributed by atoms with E-state index in [0.717, 1.165) is 37.3 Å².